The highest BCUT2D eigenvalue weighted by molar-refractivity contribution is 5.85. The van der Waals surface area contributed by atoms with E-state index in [0.29, 0.717) is 19.0 Å². The highest BCUT2D eigenvalue weighted by atomic mass is 16.5. The Kier molecular flexibility index (Phi) is 8.22. The topological polar surface area (TPSA) is 75.2 Å². The lowest BCUT2D eigenvalue weighted by atomic mass is 10.1. The number of methoxy groups -OCH3 is 2. The fraction of sp³-hybridized carbons (Fsp3) is 0.579. The summed E-state index contributed by atoms with van der Waals surface area (Å²) < 4.78 is 10.7. The van der Waals surface area contributed by atoms with Crippen LogP contribution < -0.4 is 20.1 Å². The zero-order valence-electron chi connectivity index (χ0n) is 17.0. The van der Waals surface area contributed by atoms with Crippen molar-refractivity contribution in [1.82, 2.24) is 15.5 Å². The number of amides is 1. The molecule has 0 aliphatic carbocycles. The van der Waals surface area contributed by atoms with Gasteiger partial charge in [0.2, 0.25) is 5.91 Å². The molecule has 0 saturated heterocycles. The summed E-state index contributed by atoms with van der Waals surface area (Å²) in [6, 6.07) is 5.71. The molecule has 1 amide bonds. The molecular weight excluding hydrogens is 332 g/mol. The van der Waals surface area contributed by atoms with Gasteiger partial charge in [-0.1, -0.05) is 0 Å². The zero-order chi connectivity index (χ0) is 19.7. The number of hydrogen-bond donors (Lipinski definition) is 2. The number of carbonyl (C=O) groups excluding carboxylic acids is 1. The van der Waals surface area contributed by atoms with Crippen LogP contribution >= 0.6 is 0 Å². The smallest absolute Gasteiger partial charge is 0.242 e. The third kappa shape index (κ3) is 7.21. The first-order valence-corrected chi connectivity index (χ1v) is 8.71. The third-order valence-corrected chi connectivity index (χ3v) is 3.49. The van der Waals surface area contributed by atoms with Crippen LogP contribution in [-0.2, 0) is 11.3 Å². The number of hydrogen-bond acceptors (Lipinski definition) is 4. The number of benzene rings is 1. The van der Waals surface area contributed by atoms with Crippen LogP contribution in [0.25, 0.3) is 0 Å². The molecule has 0 fully saturated rings. The molecule has 0 aliphatic rings. The summed E-state index contributed by atoms with van der Waals surface area (Å²) in [6.45, 7) is 9.20. The van der Waals surface area contributed by atoms with Crippen molar-refractivity contribution in [2.24, 2.45) is 4.99 Å². The van der Waals surface area contributed by atoms with Crippen molar-refractivity contribution < 1.29 is 14.3 Å². The molecule has 0 unspecified atom stereocenters. The minimum atomic E-state index is -0.271. The molecule has 26 heavy (non-hydrogen) atoms. The van der Waals surface area contributed by atoms with Gasteiger partial charge in [0.25, 0.3) is 0 Å². The first-order valence-electron chi connectivity index (χ1n) is 8.71. The highest BCUT2D eigenvalue weighted by Crippen LogP contribution is 2.25. The van der Waals surface area contributed by atoms with Gasteiger partial charge in [-0.2, -0.15) is 0 Å². The summed E-state index contributed by atoms with van der Waals surface area (Å²) in [6.07, 6.45) is 0. The van der Waals surface area contributed by atoms with Crippen LogP contribution in [0, 0.1) is 0 Å². The Hall–Kier alpha value is -2.44. The summed E-state index contributed by atoms with van der Waals surface area (Å²) in [4.78, 5) is 18.4. The van der Waals surface area contributed by atoms with Gasteiger partial charge in [0, 0.05) is 37.3 Å². The minimum absolute atomic E-state index is 0.0731. The van der Waals surface area contributed by atoms with Crippen molar-refractivity contribution in [1.29, 1.82) is 0 Å². The average molecular weight is 364 g/mol. The molecule has 1 aromatic carbocycles. The van der Waals surface area contributed by atoms with Crippen LogP contribution in [0.2, 0.25) is 0 Å². The molecule has 0 radical (unpaired) electrons. The molecule has 2 N–H and O–H groups in total. The Morgan fingerprint density at radius 1 is 1.23 bits per heavy atom. The molecule has 0 saturated carbocycles. The van der Waals surface area contributed by atoms with E-state index in [0.717, 1.165) is 17.1 Å². The number of guanidine groups is 1. The number of nitrogens with zero attached hydrogens (tertiary/aromatic N) is 2. The maximum absolute atomic E-state index is 12.0. The van der Waals surface area contributed by atoms with Crippen LogP contribution in [0.15, 0.2) is 23.2 Å². The van der Waals surface area contributed by atoms with E-state index in [1.165, 1.54) is 0 Å². The second-order valence-electron chi connectivity index (χ2n) is 7.00. The van der Waals surface area contributed by atoms with E-state index in [4.69, 9.17) is 9.47 Å². The Labute approximate surface area is 156 Å². The minimum Gasteiger partial charge on any atom is -0.497 e. The van der Waals surface area contributed by atoms with Gasteiger partial charge >= 0.3 is 0 Å². The van der Waals surface area contributed by atoms with E-state index in [1.807, 2.05) is 57.8 Å². The van der Waals surface area contributed by atoms with Crippen molar-refractivity contribution in [3.05, 3.63) is 23.8 Å². The van der Waals surface area contributed by atoms with Crippen molar-refractivity contribution >= 4 is 11.9 Å². The molecule has 7 nitrogen and oxygen atoms in total. The van der Waals surface area contributed by atoms with Gasteiger partial charge in [-0.05, 0) is 39.8 Å². The van der Waals surface area contributed by atoms with E-state index < -0.39 is 0 Å². The first kappa shape index (κ1) is 21.6. The van der Waals surface area contributed by atoms with Crippen LogP contribution in [0.5, 0.6) is 11.5 Å². The lowest BCUT2D eigenvalue weighted by Gasteiger charge is -2.24. The molecule has 146 valence electrons. The second kappa shape index (κ2) is 9.89. The molecule has 0 bridgehead atoms. The van der Waals surface area contributed by atoms with Gasteiger partial charge < -0.3 is 25.0 Å². The monoisotopic (exact) mass is 364 g/mol. The Morgan fingerprint density at radius 2 is 1.92 bits per heavy atom. The summed E-state index contributed by atoms with van der Waals surface area (Å²) in [5, 5.41) is 6.12. The van der Waals surface area contributed by atoms with Gasteiger partial charge in [0.05, 0.1) is 14.2 Å². The van der Waals surface area contributed by atoms with Crippen molar-refractivity contribution in [3.63, 3.8) is 0 Å². The number of ether oxygens (including phenoxy) is 2. The van der Waals surface area contributed by atoms with E-state index in [1.54, 1.807) is 14.2 Å². The van der Waals surface area contributed by atoms with Crippen molar-refractivity contribution in [3.8, 4) is 11.5 Å². The largest absolute Gasteiger partial charge is 0.497 e. The Morgan fingerprint density at radius 3 is 2.46 bits per heavy atom. The van der Waals surface area contributed by atoms with Crippen LogP contribution in [0.3, 0.4) is 0 Å². The van der Waals surface area contributed by atoms with E-state index in [9.17, 15) is 4.79 Å². The van der Waals surface area contributed by atoms with Gasteiger partial charge in [-0.3, -0.25) is 4.79 Å². The molecule has 0 heterocycles. The fourth-order valence-corrected chi connectivity index (χ4v) is 2.39. The van der Waals surface area contributed by atoms with Gasteiger partial charge in [-0.25, -0.2) is 4.99 Å². The fourth-order valence-electron chi connectivity index (χ4n) is 2.39. The maximum Gasteiger partial charge on any atom is 0.242 e. The SMILES string of the molecule is CCNC(=NCC(=O)NC(C)(C)C)N(C)Cc1ccc(OC)cc1OC. The highest BCUT2D eigenvalue weighted by Gasteiger charge is 2.15. The molecule has 0 aromatic heterocycles. The molecule has 0 aliphatic heterocycles. The summed E-state index contributed by atoms with van der Waals surface area (Å²) in [5.41, 5.74) is 0.730. The lowest BCUT2D eigenvalue weighted by molar-refractivity contribution is -0.121. The summed E-state index contributed by atoms with van der Waals surface area (Å²) >= 11 is 0. The number of nitrogens with one attached hydrogen (secondary N) is 2. The zero-order valence-corrected chi connectivity index (χ0v) is 17.0. The van der Waals surface area contributed by atoms with Crippen LogP contribution in [0.4, 0.5) is 0 Å². The molecule has 0 spiro atoms. The van der Waals surface area contributed by atoms with E-state index in [-0.39, 0.29) is 18.0 Å². The molecule has 1 rings (SSSR count). The van der Waals surface area contributed by atoms with Crippen molar-refractivity contribution in [2.75, 3.05) is 34.4 Å². The van der Waals surface area contributed by atoms with E-state index >= 15 is 0 Å². The number of rotatable bonds is 7. The van der Waals surface area contributed by atoms with Gasteiger partial charge in [0.15, 0.2) is 5.96 Å². The Balaban J connectivity index is 2.86. The van der Waals surface area contributed by atoms with Gasteiger partial charge in [0.1, 0.15) is 18.0 Å². The Bertz CT molecular complexity index is 624. The lowest BCUT2D eigenvalue weighted by Crippen LogP contribution is -2.43. The predicted molar refractivity (Wildman–Crippen MR) is 105 cm³/mol. The number of carbonyl (C=O) groups is 1. The summed E-state index contributed by atoms with van der Waals surface area (Å²) in [7, 11) is 5.18. The summed E-state index contributed by atoms with van der Waals surface area (Å²) in [5.74, 6) is 2.04. The first-order chi connectivity index (χ1) is 12.2. The van der Waals surface area contributed by atoms with Gasteiger partial charge in [-0.15, -0.1) is 0 Å². The maximum atomic E-state index is 12.0. The predicted octanol–water partition coefficient (Wildman–Crippen LogP) is 2.02. The molecular formula is C19H32N4O3. The van der Waals surface area contributed by atoms with E-state index in [2.05, 4.69) is 15.6 Å². The van der Waals surface area contributed by atoms with Crippen LogP contribution in [0.1, 0.15) is 33.3 Å². The quantitative estimate of drug-likeness (QED) is 0.572. The average Bonchev–Trinajstić information content (AvgIpc) is 2.57. The molecule has 1 aromatic rings. The third-order valence-electron chi connectivity index (χ3n) is 3.49. The normalized spacial score (nSPS) is 11.7. The van der Waals surface area contributed by atoms with Crippen molar-refractivity contribution in [2.45, 2.75) is 39.8 Å². The standard InChI is InChI=1S/C19H32N4O3/c1-8-20-18(21-12-17(24)22-19(2,3)4)23(5)13-14-9-10-15(25-6)11-16(14)26-7/h9-11H,8,12-13H2,1-7H3,(H,20,21)(H,22,24). The molecule has 0 atom stereocenters. The second-order valence-corrected chi connectivity index (χ2v) is 7.00. The molecule has 7 heteroatoms. The van der Waals surface area contributed by atoms with Crippen LogP contribution in [-0.4, -0.2) is 56.7 Å². The number of aliphatic imine (C=N–C) groups is 1.